The minimum atomic E-state index is 0.358. The number of pyridine rings is 1. The molecule has 0 unspecified atom stereocenters. The maximum atomic E-state index is 5.97. The van der Waals surface area contributed by atoms with Crippen molar-refractivity contribution in [1.29, 1.82) is 0 Å². The first-order valence-corrected chi connectivity index (χ1v) is 8.14. The topological polar surface area (TPSA) is 46.6 Å². The minimum absolute atomic E-state index is 0.358. The third-order valence-corrected chi connectivity index (χ3v) is 5.31. The molecule has 4 nitrogen and oxygen atoms in total. The molecule has 5 heteroatoms. The van der Waals surface area contributed by atoms with Gasteiger partial charge >= 0.3 is 0 Å². The van der Waals surface area contributed by atoms with Gasteiger partial charge in [0, 0.05) is 36.3 Å². The Bertz CT molecular complexity index is 605. The maximum Gasteiger partial charge on any atom is 0.152 e. The molecule has 108 valence electrons. The van der Waals surface area contributed by atoms with Crippen LogP contribution in [-0.2, 0) is 6.54 Å². The van der Waals surface area contributed by atoms with Crippen molar-refractivity contribution >= 4 is 23.2 Å². The SMILES string of the molecule is CC1(C)CCN(c2nc3ccccn3c2CN)CCS1. The van der Waals surface area contributed by atoms with Crippen LogP contribution in [0.2, 0.25) is 0 Å². The van der Waals surface area contributed by atoms with Crippen LogP contribution in [0.1, 0.15) is 26.0 Å². The fourth-order valence-corrected chi connectivity index (χ4v) is 3.81. The lowest BCUT2D eigenvalue weighted by Gasteiger charge is -2.23. The molecule has 0 aromatic carbocycles. The van der Waals surface area contributed by atoms with Crippen molar-refractivity contribution in [3.63, 3.8) is 0 Å². The lowest BCUT2D eigenvalue weighted by molar-refractivity contribution is 0.634. The molecule has 1 aliphatic rings. The lowest BCUT2D eigenvalue weighted by Crippen LogP contribution is -2.28. The average molecular weight is 290 g/mol. The van der Waals surface area contributed by atoms with Crippen molar-refractivity contribution in [2.45, 2.75) is 31.6 Å². The third kappa shape index (κ3) is 2.52. The van der Waals surface area contributed by atoms with Crippen LogP contribution in [0.25, 0.3) is 5.65 Å². The number of hydrogen-bond acceptors (Lipinski definition) is 4. The van der Waals surface area contributed by atoms with E-state index in [4.69, 9.17) is 10.7 Å². The molecule has 1 aliphatic heterocycles. The predicted molar refractivity (Wildman–Crippen MR) is 86.5 cm³/mol. The van der Waals surface area contributed by atoms with Gasteiger partial charge in [-0.2, -0.15) is 11.8 Å². The van der Waals surface area contributed by atoms with Gasteiger partial charge in [-0.15, -0.1) is 0 Å². The highest BCUT2D eigenvalue weighted by Crippen LogP contribution is 2.33. The Labute approximate surface area is 124 Å². The van der Waals surface area contributed by atoms with E-state index in [-0.39, 0.29) is 0 Å². The fourth-order valence-electron chi connectivity index (χ4n) is 2.71. The predicted octanol–water partition coefficient (Wildman–Crippen LogP) is 2.51. The summed E-state index contributed by atoms with van der Waals surface area (Å²) < 4.78 is 2.47. The number of fused-ring (bicyclic) bond motifs is 1. The number of thioether (sulfide) groups is 1. The van der Waals surface area contributed by atoms with E-state index in [0.717, 1.165) is 36.0 Å². The van der Waals surface area contributed by atoms with Crippen molar-refractivity contribution < 1.29 is 0 Å². The van der Waals surface area contributed by atoms with Gasteiger partial charge in [-0.05, 0) is 18.6 Å². The molecule has 0 saturated carbocycles. The van der Waals surface area contributed by atoms with E-state index < -0.39 is 0 Å². The number of imidazole rings is 1. The smallest absolute Gasteiger partial charge is 0.152 e. The molecular formula is C15H22N4S. The molecule has 3 heterocycles. The monoisotopic (exact) mass is 290 g/mol. The first kappa shape index (κ1) is 13.8. The Hall–Kier alpha value is -1.20. The summed E-state index contributed by atoms with van der Waals surface area (Å²) in [6.45, 7) is 7.28. The Kier molecular flexibility index (Phi) is 3.65. The lowest BCUT2D eigenvalue weighted by atomic mass is 10.1. The Morgan fingerprint density at radius 3 is 3.00 bits per heavy atom. The summed E-state index contributed by atoms with van der Waals surface area (Å²) in [5, 5.41) is 0. The van der Waals surface area contributed by atoms with E-state index in [1.54, 1.807) is 0 Å². The summed E-state index contributed by atoms with van der Waals surface area (Å²) in [5.41, 5.74) is 8.07. The first-order valence-electron chi connectivity index (χ1n) is 7.16. The number of aromatic nitrogens is 2. The minimum Gasteiger partial charge on any atom is -0.354 e. The maximum absolute atomic E-state index is 5.97. The van der Waals surface area contributed by atoms with E-state index >= 15 is 0 Å². The molecule has 1 saturated heterocycles. The van der Waals surface area contributed by atoms with Crippen LogP contribution >= 0.6 is 11.8 Å². The zero-order valence-electron chi connectivity index (χ0n) is 12.2. The third-order valence-electron chi connectivity index (χ3n) is 3.94. The summed E-state index contributed by atoms with van der Waals surface area (Å²) in [6.07, 6.45) is 3.22. The number of anilines is 1. The number of rotatable bonds is 2. The van der Waals surface area contributed by atoms with Gasteiger partial charge in [0.1, 0.15) is 5.65 Å². The Morgan fingerprint density at radius 2 is 2.20 bits per heavy atom. The largest absolute Gasteiger partial charge is 0.354 e. The second-order valence-corrected chi connectivity index (χ2v) is 7.66. The molecule has 0 amide bonds. The molecule has 3 rings (SSSR count). The molecule has 0 bridgehead atoms. The van der Waals surface area contributed by atoms with Crippen molar-refractivity contribution in [2.75, 3.05) is 23.7 Å². The molecular weight excluding hydrogens is 268 g/mol. The first-order chi connectivity index (χ1) is 9.61. The van der Waals surface area contributed by atoms with Crippen molar-refractivity contribution in [3.05, 3.63) is 30.1 Å². The van der Waals surface area contributed by atoms with Crippen LogP contribution in [-0.4, -0.2) is 33.0 Å². The van der Waals surface area contributed by atoms with Crippen molar-refractivity contribution in [3.8, 4) is 0 Å². The summed E-state index contributed by atoms with van der Waals surface area (Å²) in [7, 11) is 0. The Balaban J connectivity index is 1.97. The van der Waals surface area contributed by atoms with E-state index in [0.29, 0.717) is 11.3 Å². The van der Waals surface area contributed by atoms with Crippen molar-refractivity contribution in [1.82, 2.24) is 9.38 Å². The molecule has 2 aromatic rings. The molecule has 0 spiro atoms. The van der Waals surface area contributed by atoms with E-state index in [9.17, 15) is 0 Å². The van der Waals surface area contributed by atoms with Crippen LogP contribution in [0.5, 0.6) is 0 Å². The van der Waals surface area contributed by atoms with Crippen LogP contribution in [0.3, 0.4) is 0 Å². The summed E-state index contributed by atoms with van der Waals surface area (Å²) >= 11 is 2.05. The number of nitrogens with zero attached hydrogens (tertiary/aromatic N) is 3. The molecule has 20 heavy (non-hydrogen) atoms. The van der Waals surface area contributed by atoms with Gasteiger partial charge in [-0.1, -0.05) is 19.9 Å². The van der Waals surface area contributed by atoms with Crippen LogP contribution < -0.4 is 10.6 Å². The zero-order valence-corrected chi connectivity index (χ0v) is 13.0. The van der Waals surface area contributed by atoms with Gasteiger partial charge in [-0.3, -0.25) is 0 Å². The second-order valence-electron chi connectivity index (χ2n) is 5.86. The Morgan fingerprint density at radius 1 is 1.35 bits per heavy atom. The standard InChI is InChI=1S/C15H22N4S/c1-15(2)6-8-18(9-10-20-15)14-12(11-16)19-7-4-3-5-13(19)17-14/h3-5,7H,6,8-11,16H2,1-2H3. The number of nitrogens with two attached hydrogens (primary N) is 1. The van der Waals surface area contributed by atoms with Gasteiger partial charge in [0.25, 0.3) is 0 Å². The fraction of sp³-hybridized carbons (Fsp3) is 0.533. The van der Waals surface area contributed by atoms with Gasteiger partial charge in [-0.25, -0.2) is 4.98 Å². The highest BCUT2D eigenvalue weighted by Gasteiger charge is 2.26. The highest BCUT2D eigenvalue weighted by atomic mass is 32.2. The molecule has 2 aromatic heterocycles. The molecule has 0 radical (unpaired) electrons. The summed E-state index contributed by atoms with van der Waals surface area (Å²) in [5.74, 6) is 2.21. The quantitative estimate of drug-likeness (QED) is 0.923. The normalized spacial score (nSPS) is 19.2. The highest BCUT2D eigenvalue weighted by molar-refractivity contribution is 8.00. The zero-order chi connectivity index (χ0) is 14.2. The van der Waals surface area contributed by atoms with Gasteiger partial charge in [0.05, 0.1) is 5.69 Å². The van der Waals surface area contributed by atoms with Gasteiger partial charge in [0.2, 0.25) is 0 Å². The number of hydrogen-bond donors (Lipinski definition) is 1. The summed E-state index contributed by atoms with van der Waals surface area (Å²) in [6, 6.07) is 6.09. The molecule has 1 fully saturated rings. The van der Waals surface area contributed by atoms with E-state index in [1.165, 1.54) is 6.42 Å². The molecule has 2 N–H and O–H groups in total. The van der Waals surface area contributed by atoms with Gasteiger partial charge in [0.15, 0.2) is 5.82 Å². The van der Waals surface area contributed by atoms with Gasteiger partial charge < -0.3 is 15.0 Å². The van der Waals surface area contributed by atoms with Crippen molar-refractivity contribution in [2.24, 2.45) is 5.73 Å². The second kappa shape index (κ2) is 5.30. The molecule has 0 aliphatic carbocycles. The average Bonchev–Trinajstić information content (AvgIpc) is 2.70. The van der Waals surface area contributed by atoms with Crippen LogP contribution in [0.4, 0.5) is 5.82 Å². The van der Waals surface area contributed by atoms with E-state index in [2.05, 4.69) is 34.9 Å². The molecule has 0 atom stereocenters. The van der Waals surface area contributed by atoms with E-state index in [1.807, 2.05) is 24.4 Å². The summed E-state index contributed by atoms with van der Waals surface area (Å²) in [4.78, 5) is 7.20. The van der Waals surface area contributed by atoms with Crippen LogP contribution in [0.15, 0.2) is 24.4 Å². The van der Waals surface area contributed by atoms with Crippen LogP contribution in [0, 0.1) is 0 Å².